The lowest BCUT2D eigenvalue weighted by Gasteiger charge is -2.30. The lowest BCUT2D eigenvalue weighted by Crippen LogP contribution is -2.41. The fourth-order valence-corrected chi connectivity index (χ4v) is 7.66. The third-order valence-corrected chi connectivity index (χ3v) is 9.33. The maximum atomic E-state index is 13.3. The second-order valence-corrected chi connectivity index (χ2v) is 11.3. The minimum Gasteiger partial charge on any atom is -0.497 e. The van der Waals surface area contributed by atoms with E-state index in [4.69, 9.17) is 15.2 Å². The molecular weight excluding hydrogens is 572 g/mol. The van der Waals surface area contributed by atoms with E-state index < -0.39 is 51.7 Å². The topological polar surface area (TPSA) is 167 Å². The number of methoxy groups -OCH3 is 1. The summed E-state index contributed by atoms with van der Waals surface area (Å²) in [6.07, 6.45) is 0. The molecule has 14 heteroatoms. The van der Waals surface area contributed by atoms with Crippen LogP contribution >= 0.6 is 23.1 Å². The first-order valence-electron chi connectivity index (χ1n) is 12.4. The number of nitrogens with two attached hydrogens (primary N) is 1. The highest BCUT2D eigenvalue weighted by atomic mass is 32.2. The number of benzene rings is 2. The summed E-state index contributed by atoms with van der Waals surface area (Å²) in [5.41, 5.74) is 6.72. The van der Waals surface area contributed by atoms with Crippen LogP contribution in [0, 0.1) is 5.92 Å². The zero-order chi connectivity index (χ0) is 29.4. The molecular formula is C27H24N4O8S2. The molecule has 5 amide bonds. The molecule has 3 N–H and O–H groups in total. The Labute approximate surface area is 241 Å². The van der Waals surface area contributed by atoms with Gasteiger partial charge < -0.3 is 20.5 Å². The minimum atomic E-state index is -1.17. The van der Waals surface area contributed by atoms with Crippen molar-refractivity contribution >= 4 is 58.5 Å². The Hall–Kier alpha value is -4.43. The van der Waals surface area contributed by atoms with Gasteiger partial charge in [0.15, 0.2) is 0 Å². The number of imide groups is 3. The number of urea groups is 1. The highest BCUT2D eigenvalue weighted by Gasteiger charge is 2.57. The third kappa shape index (κ3) is 5.11. The number of fused-ring (bicyclic) bond motifs is 2. The first-order valence-corrected chi connectivity index (χ1v) is 14.1. The molecule has 41 heavy (non-hydrogen) atoms. The van der Waals surface area contributed by atoms with E-state index in [0.29, 0.717) is 37.4 Å². The number of carbonyl (C=O) groups excluding carboxylic acids is 5. The van der Waals surface area contributed by atoms with Crippen LogP contribution in [0.5, 0.6) is 5.75 Å². The Kier molecular flexibility index (Phi) is 7.69. The molecule has 0 aliphatic carbocycles. The van der Waals surface area contributed by atoms with Gasteiger partial charge in [-0.05, 0) is 48.9 Å². The summed E-state index contributed by atoms with van der Waals surface area (Å²) < 4.78 is 11.4. The number of hydrogen-bond acceptors (Lipinski definition) is 10. The molecule has 2 unspecified atom stereocenters. The predicted molar refractivity (Wildman–Crippen MR) is 149 cm³/mol. The second-order valence-electron chi connectivity index (χ2n) is 9.13. The second kappa shape index (κ2) is 11.2. The number of amides is 5. The molecule has 3 heterocycles. The Morgan fingerprint density at radius 1 is 1.00 bits per heavy atom. The summed E-state index contributed by atoms with van der Waals surface area (Å²) in [7, 11) is 1.51. The number of carbonyl (C=O) groups is 5. The Morgan fingerprint density at radius 2 is 1.68 bits per heavy atom. The highest BCUT2D eigenvalue weighted by molar-refractivity contribution is 8.00. The maximum absolute atomic E-state index is 13.3. The van der Waals surface area contributed by atoms with Gasteiger partial charge in [-0.25, -0.2) is 9.59 Å². The van der Waals surface area contributed by atoms with Crippen LogP contribution in [0.15, 0.2) is 58.4 Å². The molecule has 1 fully saturated rings. The Bertz CT molecular complexity index is 1610. The largest absolute Gasteiger partial charge is 0.497 e. The normalized spacial score (nSPS) is 19.4. The van der Waals surface area contributed by atoms with Crippen molar-refractivity contribution in [3.63, 3.8) is 0 Å². The molecule has 0 saturated carbocycles. The number of thiazole rings is 1. The zero-order valence-corrected chi connectivity index (χ0v) is 23.5. The molecule has 212 valence electrons. The number of anilines is 1. The maximum Gasteiger partial charge on any atom is 0.338 e. The van der Waals surface area contributed by atoms with Crippen LogP contribution in [-0.2, 0) is 25.7 Å². The van der Waals surface area contributed by atoms with Gasteiger partial charge in [0.2, 0.25) is 11.8 Å². The highest BCUT2D eigenvalue weighted by Crippen LogP contribution is 2.53. The Morgan fingerprint density at radius 3 is 2.29 bits per heavy atom. The van der Waals surface area contributed by atoms with Crippen LogP contribution in [-0.4, -0.2) is 58.2 Å². The zero-order valence-electron chi connectivity index (χ0n) is 21.8. The lowest BCUT2D eigenvalue weighted by molar-refractivity contribution is -0.135. The molecule has 3 aromatic rings. The van der Waals surface area contributed by atoms with Gasteiger partial charge in [-0.3, -0.25) is 23.7 Å². The van der Waals surface area contributed by atoms with E-state index >= 15 is 0 Å². The van der Waals surface area contributed by atoms with Gasteiger partial charge in [0.25, 0.3) is 5.91 Å². The first-order chi connectivity index (χ1) is 19.6. The molecule has 1 saturated heterocycles. The molecule has 12 nitrogen and oxygen atoms in total. The third-order valence-electron chi connectivity index (χ3n) is 6.73. The minimum absolute atomic E-state index is 0.232. The quantitative estimate of drug-likeness (QED) is 0.307. The van der Waals surface area contributed by atoms with E-state index in [9.17, 15) is 28.8 Å². The predicted octanol–water partition coefficient (Wildman–Crippen LogP) is 2.40. The average molecular weight is 597 g/mol. The van der Waals surface area contributed by atoms with Crippen molar-refractivity contribution < 1.29 is 33.4 Å². The monoisotopic (exact) mass is 596 g/mol. The fraction of sp³-hybridized carbons (Fsp3) is 0.259. The number of rotatable bonds is 7. The van der Waals surface area contributed by atoms with E-state index in [1.807, 2.05) is 0 Å². The average Bonchev–Trinajstić information content (AvgIpc) is 3.39. The van der Waals surface area contributed by atoms with Gasteiger partial charge in [0.1, 0.15) is 17.5 Å². The van der Waals surface area contributed by atoms with Gasteiger partial charge in [-0.1, -0.05) is 35.2 Å². The number of primary amides is 1. The summed E-state index contributed by atoms with van der Waals surface area (Å²) in [4.78, 5) is 76.9. The van der Waals surface area contributed by atoms with Crippen molar-refractivity contribution in [2.24, 2.45) is 11.7 Å². The van der Waals surface area contributed by atoms with Crippen LogP contribution in [0.3, 0.4) is 0 Å². The summed E-state index contributed by atoms with van der Waals surface area (Å²) in [6, 6.07) is 11.8. The van der Waals surface area contributed by atoms with Gasteiger partial charge in [0, 0.05) is 16.5 Å². The van der Waals surface area contributed by atoms with Crippen molar-refractivity contribution in [2.75, 3.05) is 19.0 Å². The van der Waals surface area contributed by atoms with Crippen LogP contribution < -0.4 is 20.7 Å². The van der Waals surface area contributed by atoms with Gasteiger partial charge in [0.05, 0.1) is 30.2 Å². The first kappa shape index (κ1) is 28.1. The molecule has 0 spiro atoms. The van der Waals surface area contributed by atoms with Crippen molar-refractivity contribution in [2.45, 2.75) is 29.7 Å². The molecule has 3 atom stereocenters. The molecule has 2 aliphatic rings. The van der Waals surface area contributed by atoms with Gasteiger partial charge in [-0.2, -0.15) is 4.90 Å². The van der Waals surface area contributed by atoms with Crippen molar-refractivity contribution in [1.29, 1.82) is 0 Å². The number of ether oxygens (including phenoxy) is 2. The molecule has 2 aliphatic heterocycles. The fourth-order valence-electron chi connectivity index (χ4n) is 4.89. The van der Waals surface area contributed by atoms with Gasteiger partial charge >= 0.3 is 16.9 Å². The summed E-state index contributed by atoms with van der Waals surface area (Å²) in [6.45, 7) is 1.56. The number of thioether (sulfide) groups is 1. The number of aromatic nitrogens is 1. The molecule has 0 bridgehead atoms. The van der Waals surface area contributed by atoms with Crippen LogP contribution in [0.2, 0.25) is 0 Å². The van der Waals surface area contributed by atoms with Crippen LogP contribution in [0.4, 0.5) is 10.5 Å². The number of esters is 1. The molecule has 2 aromatic carbocycles. The summed E-state index contributed by atoms with van der Waals surface area (Å²) >= 11 is 1.84. The van der Waals surface area contributed by atoms with Crippen LogP contribution in [0.25, 0.3) is 0 Å². The molecule has 1 aromatic heterocycles. The smallest absolute Gasteiger partial charge is 0.338 e. The SMILES string of the molecule is CCOC(=O)c1ccc(NC(=O)Cn2c3c(sc2=O)[C@@H](c2ccc(OC)cc2)C2C(=O)N(C(N)=O)C(=O)C2S3)cc1. The molecule has 5 rings (SSSR count). The van der Waals surface area contributed by atoms with Crippen LogP contribution in [0.1, 0.15) is 33.6 Å². The summed E-state index contributed by atoms with van der Waals surface area (Å²) in [5.74, 6) is -3.65. The summed E-state index contributed by atoms with van der Waals surface area (Å²) in [5, 5.41) is 2.04. The number of nitrogens with zero attached hydrogens (tertiary/aromatic N) is 2. The molecule has 0 radical (unpaired) electrons. The van der Waals surface area contributed by atoms with Crippen molar-refractivity contribution in [1.82, 2.24) is 9.47 Å². The van der Waals surface area contributed by atoms with E-state index in [1.54, 1.807) is 31.2 Å². The van der Waals surface area contributed by atoms with Gasteiger partial charge in [-0.15, -0.1) is 0 Å². The standard InChI is InChI=1S/C27H24N4O8S2/c1-3-39-25(35)14-4-8-15(9-5-14)29-17(32)12-30-24-21(41-27(30)37)18(13-6-10-16(38-2)11-7-13)19-20(40-24)23(34)31(22(19)33)26(28)36/h4-11,18-20H,3,12H2,1-2H3,(H2,28,36)(H,29,32)/t18-,19?,20?/m0/s1. The lowest BCUT2D eigenvalue weighted by atomic mass is 9.83. The van der Waals surface area contributed by atoms with E-state index in [1.165, 1.54) is 35.9 Å². The van der Waals surface area contributed by atoms with E-state index in [0.717, 1.165) is 23.1 Å². The van der Waals surface area contributed by atoms with E-state index in [-0.39, 0.29) is 13.2 Å². The number of hydrogen-bond donors (Lipinski definition) is 2. The number of nitrogens with one attached hydrogen (secondary N) is 1. The Balaban J connectivity index is 1.47. The van der Waals surface area contributed by atoms with Crippen molar-refractivity contribution in [3.05, 3.63) is 74.2 Å². The number of likely N-dealkylation sites (tertiary alicyclic amines) is 1. The van der Waals surface area contributed by atoms with E-state index in [2.05, 4.69) is 5.32 Å². The van der Waals surface area contributed by atoms with Crippen molar-refractivity contribution in [3.8, 4) is 5.75 Å².